The van der Waals surface area contributed by atoms with Crippen molar-refractivity contribution in [3.63, 3.8) is 0 Å². The van der Waals surface area contributed by atoms with E-state index in [1.807, 2.05) is 0 Å². The van der Waals surface area contributed by atoms with Crippen molar-refractivity contribution in [3.8, 4) is 16.9 Å². The molecule has 0 saturated carbocycles. The number of carbonyl (C=O) groups excluding carboxylic acids is 1. The minimum absolute atomic E-state index is 0.0436. The van der Waals surface area contributed by atoms with Crippen LogP contribution in [0.15, 0.2) is 88.6 Å². The summed E-state index contributed by atoms with van der Waals surface area (Å²) in [7, 11) is -4.11. The molecule has 0 amide bonds. The molecule has 0 aliphatic carbocycles. The van der Waals surface area contributed by atoms with Gasteiger partial charge in [0.05, 0.1) is 22.8 Å². The molecule has 0 aliphatic heterocycles. The number of hydrogen-bond donors (Lipinski definition) is 1. The van der Waals surface area contributed by atoms with Crippen molar-refractivity contribution in [3.05, 3.63) is 106 Å². The number of aromatic amines is 1. The number of rotatable bonds is 9. The highest BCUT2D eigenvalue weighted by molar-refractivity contribution is 7.89. The highest BCUT2D eigenvalue weighted by atomic mass is 35.5. The zero-order valence-electron chi connectivity index (χ0n) is 19.3. The van der Waals surface area contributed by atoms with E-state index in [0.717, 1.165) is 28.6 Å². The third kappa shape index (κ3) is 5.18. The second-order valence-corrected chi connectivity index (χ2v) is 10.4. The van der Waals surface area contributed by atoms with Crippen LogP contribution in [0.1, 0.15) is 23.7 Å². The Hall–Kier alpha value is -3.53. The van der Waals surface area contributed by atoms with Gasteiger partial charge < -0.3 is 0 Å². The van der Waals surface area contributed by atoms with Crippen molar-refractivity contribution < 1.29 is 17.6 Å². The summed E-state index contributed by atoms with van der Waals surface area (Å²) in [6, 6.07) is 19.7. The molecule has 186 valence electrons. The molecule has 1 aromatic heterocycles. The van der Waals surface area contributed by atoms with Crippen LogP contribution in [0, 0.1) is 5.82 Å². The van der Waals surface area contributed by atoms with Gasteiger partial charge in [-0.1, -0.05) is 48.9 Å². The topological polar surface area (TPSA) is 92.2 Å². The predicted molar refractivity (Wildman–Crippen MR) is 137 cm³/mol. The molecule has 0 spiro atoms. The van der Waals surface area contributed by atoms with E-state index in [4.69, 9.17) is 11.6 Å². The highest BCUT2D eigenvalue weighted by Crippen LogP contribution is 2.23. The largest absolute Gasteiger partial charge is 0.292 e. The van der Waals surface area contributed by atoms with Gasteiger partial charge in [0.15, 0.2) is 5.78 Å². The summed E-state index contributed by atoms with van der Waals surface area (Å²) in [5, 5.41) is 3.48. The Morgan fingerprint density at radius 1 is 1.00 bits per heavy atom. The van der Waals surface area contributed by atoms with Crippen molar-refractivity contribution in [1.82, 2.24) is 14.1 Å². The number of sulfonamides is 1. The Kier molecular flexibility index (Phi) is 7.53. The summed E-state index contributed by atoms with van der Waals surface area (Å²) in [4.78, 5) is 26.9. The van der Waals surface area contributed by atoms with E-state index >= 15 is 0 Å². The van der Waals surface area contributed by atoms with Crippen molar-refractivity contribution in [1.29, 1.82) is 0 Å². The van der Waals surface area contributed by atoms with E-state index in [2.05, 4.69) is 5.10 Å². The third-order valence-corrected chi connectivity index (χ3v) is 7.67. The van der Waals surface area contributed by atoms with Gasteiger partial charge in [0, 0.05) is 17.1 Å². The van der Waals surface area contributed by atoms with Crippen LogP contribution in [0.3, 0.4) is 0 Å². The molecule has 1 heterocycles. The summed E-state index contributed by atoms with van der Waals surface area (Å²) in [6.45, 7) is 1.26. The van der Waals surface area contributed by atoms with Crippen LogP contribution in [0.4, 0.5) is 4.39 Å². The lowest BCUT2D eigenvalue weighted by Gasteiger charge is -2.21. The number of halogens is 2. The normalized spacial score (nSPS) is 11.7. The molecule has 0 aliphatic rings. The van der Waals surface area contributed by atoms with Gasteiger partial charge in [0.25, 0.3) is 5.56 Å². The van der Waals surface area contributed by atoms with Crippen LogP contribution in [0.5, 0.6) is 0 Å². The third-order valence-electron chi connectivity index (χ3n) is 5.56. The van der Waals surface area contributed by atoms with Crippen LogP contribution in [-0.2, 0) is 10.0 Å². The van der Waals surface area contributed by atoms with E-state index in [0.29, 0.717) is 22.7 Å². The Bertz CT molecular complexity index is 1530. The van der Waals surface area contributed by atoms with E-state index in [1.165, 1.54) is 4.68 Å². The van der Waals surface area contributed by atoms with Crippen LogP contribution in [0.25, 0.3) is 16.9 Å². The molecule has 0 saturated heterocycles. The maximum atomic E-state index is 13.6. The summed E-state index contributed by atoms with van der Waals surface area (Å²) in [5.74, 6) is -1.24. The SMILES string of the molecule is CCCN(CC(=O)c1c(-c2ccccc2)[nH]n(-c2ccc(Cl)cc2)c1=O)S(=O)(=O)c1ccc(F)cc1. The smallest absolute Gasteiger partial charge is 0.282 e. The summed E-state index contributed by atoms with van der Waals surface area (Å²) in [6.07, 6.45) is 0.432. The molecule has 4 aromatic rings. The van der Waals surface area contributed by atoms with E-state index in [-0.39, 0.29) is 22.7 Å². The molecule has 0 radical (unpaired) electrons. The van der Waals surface area contributed by atoms with Gasteiger partial charge in [0.2, 0.25) is 10.0 Å². The molecule has 1 N–H and O–H groups in total. The van der Waals surface area contributed by atoms with Crippen molar-refractivity contribution >= 4 is 27.4 Å². The molecule has 36 heavy (non-hydrogen) atoms. The fourth-order valence-electron chi connectivity index (χ4n) is 3.81. The zero-order valence-corrected chi connectivity index (χ0v) is 20.9. The number of benzene rings is 3. The second-order valence-electron chi connectivity index (χ2n) is 8.06. The van der Waals surface area contributed by atoms with Gasteiger partial charge in [-0.2, -0.15) is 4.31 Å². The Morgan fingerprint density at radius 2 is 1.64 bits per heavy atom. The van der Waals surface area contributed by atoms with Gasteiger partial charge in [-0.05, 0) is 55.0 Å². The number of nitrogens with one attached hydrogen (secondary N) is 1. The molecule has 0 unspecified atom stereocenters. The number of carbonyl (C=O) groups is 1. The van der Waals surface area contributed by atoms with Gasteiger partial charge in [0.1, 0.15) is 11.4 Å². The molecule has 4 rings (SSSR count). The lowest BCUT2D eigenvalue weighted by molar-refractivity contribution is 0.0966. The van der Waals surface area contributed by atoms with Crippen LogP contribution < -0.4 is 5.56 Å². The first kappa shape index (κ1) is 25.6. The van der Waals surface area contributed by atoms with Gasteiger partial charge in [-0.3, -0.25) is 14.7 Å². The molecular weight excluding hydrogens is 505 g/mol. The number of H-pyrrole nitrogens is 1. The molecule has 3 aromatic carbocycles. The Balaban J connectivity index is 1.78. The minimum atomic E-state index is -4.11. The number of nitrogens with zero attached hydrogens (tertiary/aromatic N) is 2. The molecule has 10 heteroatoms. The van der Waals surface area contributed by atoms with E-state index < -0.39 is 33.7 Å². The summed E-state index contributed by atoms with van der Waals surface area (Å²) in [5.41, 5.74) is 0.554. The van der Waals surface area contributed by atoms with Crippen LogP contribution in [0.2, 0.25) is 5.02 Å². The first-order chi connectivity index (χ1) is 17.2. The fourth-order valence-corrected chi connectivity index (χ4v) is 5.42. The van der Waals surface area contributed by atoms with Crippen LogP contribution in [-0.4, -0.2) is 41.4 Å². The van der Waals surface area contributed by atoms with Crippen molar-refractivity contribution in [2.75, 3.05) is 13.1 Å². The van der Waals surface area contributed by atoms with Crippen molar-refractivity contribution in [2.45, 2.75) is 18.2 Å². The second kappa shape index (κ2) is 10.6. The summed E-state index contributed by atoms with van der Waals surface area (Å²) < 4.78 is 42.1. The zero-order chi connectivity index (χ0) is 25.9. The van der Waals surface area contributed by atoms with Gasteiger partial charge >= 0.3 is 0 Å². The quantitative estimate of drug-likeness (QED) is 0.313. The van der Waals surface area contributed by atoms with E-state index in [1.54, 1.807) is 61.5 Å². The number of Topliss-reactive ketones (excluding diaryl/α,β-unsaturated/α-hetero) is 1. The average Bonchev–Trinajstić information content (AvgIpc) is 3.22. The first-order valence-electron chi connectivity index (χ1n) is 11.2. The lowest BCUT2D eigenvalue weighted by atomic mass is 10.1. The van der Waals surface area contributed by atoms with Gasteiger partial charge in [-0.15, -0.1) is 0 Å². The van der Waals surface area contributed by atoms with E-state index in [9.17, 15) is 22.4 Å². The number of ketones is 1. The molecular formula is C26H23ClFN3O4S. The van der Waals surface area contributed by atoms with Gasteiger partial charge in [-0.25, -0.2) is 17.5 Å². The Morgan fingerprint density at radius 3 is 2.25 bits per heavy atom. The maximum Gasteiger partial charge on any atom is 0.282 e. The molecule has 0 fully saturated rings. The summed E-state index contributed by atoms with van der Waals surface area (Å²) >= 11 is 5.98. The maximum absolute atomic E-state index is 13.6. The first-order valence-corrected chi connectivity index (χ1v) is 13.0. The number of aromatic nitrogens is 2. The lowest BCUT2D eigenvalue weighted by Crippen LogP contribution is -2.37. The monoisotopic (exact) mass is 527 g/mol. The average molecular weight is 528 g/mol. The highest BCUT2D eigenvalue weighted by Gasteiger charge is 2.30. The Labute approximate surface area is 212 Å². The fraction of sp³-hybridized carbons (Fsp3) is 0.154. The van der Waals surface area contributed by atoms with Crippen molar-refractivity contribution in [2.24, 2.45) is 0 Å². The molecule has 0 atom stereocenters. The minimum Gasteiger partial charge on any atom is -0.292 e. The van der Waals surface area contributed by atoms with Crippen LogP contribution >= 0.6 is 11.6 Å². The molecule has 0 bridgehead atoms. The predicted octanol–water partition coefficient (Wildman–Crippen LogP) is 4.91. The number of hydrogen-bond acceptors (Lipinski definition) is 4. The molecule has 7 nitrogen and oxygen atoms in total. The standard InChI is InChI=1S/C26H23ClFN3O4S/c1-2-16-30(36(34,35)22-14-10-20(28)11-15-22)17-23(32)24-25(18-6-4-3-5-7-18)29-31(26(24)33)21-12-8-19(27)9-13-21/h3-15,29H,2,16-17H2,1H3.